The summed E-state index contributed by atoms with van der Waals surface area (Å²) >= 11 is 5.00. The molecule has 31 heavy (non-hydrogen) atoms. The zero-order valence-corrected chi connectivity index (χ0v) is 17.3. The second-order valence-electron chi connectivity index (χ2n) is 6.78. The molecule has 1 saturated heterocycles. The summed E-state index contributed by atoms with van der Waals surface area (Å²) in [7, 11) is -4.22. The maximum atomic E-state index is 15.4. The van der Waals surface area contributed by atoms with E-state index in [1.165, 1.54) is 0 Å². The number of H-pyrrole nitrogens is 1. The Morgan fingerprint density at radius 3 is 2.94 bits per heavy atom. The Labute approximate surface area is 179 Å². The number of phosphoric acid groups is 1. The number of alkyl halides is 1. The van der Waals surface area contributed by atoms with Crippen LogP contribution in [-0.4, -0.2) is 44.4 Å². The molecule has 5 atom stereocenters. The van der Waals surface area contributed by atoms with Gasteiger partial charge in [-0.25, -0.2) is 8.96 Å². The van der Waals surface area contributed by atoms with Crippen molar-refractivity contribution in [2.45, 2.75) is 30.9 Å². The molecule has 3 N–H and O–H groups in total. The Balaban J connectivity index is 1.54. The van der Waals surface area contributed by atoms with Gasteiger partial charge in [-0.3, -0.25) is 23.4 Å². The highest BCUT2D eigenvalue weighted by molar-refractivity contribution is 7.71. The van der Waals surface area contributed by atoms with Gasteiger partial charge in [0.1, 0.15) is 30.1 Å². The van der Waals surface area contributed by atoms with Gasteiger partial charge < -0.3 is 19.5 Å². The number of hydrogen-bond donors (Lipinski definition) is 3. The Hall–Kier alpha value is -2.36. The number of benzene rings is 1. The average molecular weight is 470 g/mol. The van der Waals surface area contributed by atoms with E-state index >= 15 is 4.39 Å². The molecule has 3 heterocycles. The van der Waals surface area contributed by atoms with Crippen LogP contribution in [0, 0.1) is 17.1 Å². The van der Waals surface area contributed by atoms with E-state index in [0.717, 1.165) is 10.8 Å². The molecule has 1 aromatic heterocycles. The van der Waals surface area contributed by atoms with E-state index in [0.29, 0.717) is 5.56 Å². The molecule has 0 amide bonds. The number of nitrogens with one attached hydrogen (secondary N) is 1. The number of ether oxygens (including phenoxy) is 1. The van der Waals surface area contributed by atoms with Gasteiger partial charge in [0.05, 0.1) is 6.61 Å². The van der Waals surface area contributed by atoms with Crippen LogP contribution in [0.4, 0.5) is 4.39 Å². The number of aliphatic hydroxyl groups is 2. The minimum Gasteiger partial charge on any atom is -0.404 e. The van der Waals surface area contributed by atoms with Crippen molar-refractivity contribution in [3.63, 3.8) is 0 Å². The molecule has 1 fully saturated rings. The number of nitrogens with zero attached hydrogens (tertiary/aromatic N) is 1. The molecule has 4 rings (SSSR count). The van der Waals surface area contributed by atoms with E-state index in [1.807, 2.05) is 0 Å². The summed E-state index contributed by atoms with van der Waals surface area (Å²) in [6.07, 6.45) is 0.815. The standard InChI is InChI=1S/C18H16FN2O8PS/c1-2-10-7-21(17(31)20-15(10)24)16-13(22)14(23)18(19,28-16)9-27-30(25)26-8-11-5-3-4-6-12(11)29-30/h1,3-7,13-14,16,22-23H,8-9H2,(H,20,24,31)/t13-,14+,16-,18-,30?/m1/s1. The summed E-state index contributed by atoms with van der Waals surface area (Å²) in [5, 5.41) is 20.6. The number of phosphoric ester groups is 1. The lowest BCUT2D eigenvalue weighted by atomic mass is 10.1. The Kier molecular flexibility index (Phi) is 5.61. The highest BCUT2D eigenvalue weighted by atomic mass is 32.1. The Bertz CT molecular complexity index is 1230. The van der Waals surface area contributed by atoms with Crippen LogP contribution in [0.1, 0.15) is 17.4 Å². The molecule has 10 nitrogen and oxygen atoms in total. The summed E-state index contributed by atoms with van der Waals surface area (Å²) in [4.78, 5) is 14.0. The van der Waals surface area contributed by atoms with Gasteiger partial charge in [-0.1, -0.05) is 24.1 Å². The molecule has 1 unspecified atom stereocenters. The molecular weight excluding hydrogens is 454 g/mol. The summed E-state index contributed by atoms with van der Waals surface area (Å²) in [6, 6.07) is 6.62. The van der Waals surface area contributed by atoms with Gasteiger partial charge in [0.15, 0.2) is 11.0 Å². The second-order valence-corrected chi connectivity index (χ2v) is 8.76. The maximum Gasteiger partial charge on any atom is 0.530 e. The molecule has 1 aromatic carbocycles. The zero-order chi connectivity index (χ0) is 22.4. The van der Waals surface area contributed by atoms with Crippen LogP contribution in [0.5, 0.6) is 5.75 Å². The molecule has 2 aromatic rings. The quantitative estimate of drug-likeness (QED) is 0.346. The molecule has 2 aliphatic heterocycles. The van der Waals surface area contributed by atoms with E-state index in [-0.39, 0.29) is 22.7 Å². The van der Waals surface area contributed by atoms with Crippen molar-refractivity contribution in [3.8, 4) is 18.1 Å². The SMILES string of the molecule is C#Cc1cn([C@@H]2O[C@](F)(COP3(=O)OCc4ccccc4O3)[C@@H](O)[C@H]2O)c(=S)[nH]c1=O. The summed E-state index contributed by atoms with van der Waals surface area (Å²) in [5.41, 5.74) is -0.188. The van der Waals surface area contributed by atoms with E-state index in [4.69, 9.17) is 36.9 Å². The molecule has 0 saturated carbocycles. The molecule has 2 aliphatic rings. The lowest BCUT2D eigenvalue weighted by molar-refractivity contribution is -0.205. The smallest absolute Gasteiger partial charge is 0.404 e. The van der Waals surface area contributed by atoms with Crippen LogP contribution in [0.2, 0.25) is 0 Å². The summed E-state index contributed by atoms with van der Waals surface area (Å²) < 4.78 is 49.3. The van der Waals surface area contributed by atoms with Crippen molar-refractivity contribution in [3.05, 3.63) is 56.7 Å². The van der Waals surface area contributed by atoms with Gasteiger partial charge in [-0.15, -0.1) is 6.42 Å². The van der Waals surface area contributed by atoms with Crippen molar-refractivity contribution < 1.29 is 37.5 Å². The first-order valence-corrected chi connectivity index (χ1v) is 10.7. The maximum absolute atomic E-state index is 15.4. The fourth-order valence-corrected chi connectivity index (χ4v) is 4.59. The van der Waals surface area contributed by atoms with Gasteiger partial charge in [0.25, 0.3) is 11.4 Å². The van der Waals surface area contributed by atoms with Crippen LogP contribution in [0.3, 0.4) is 0 Å². The number of terminal acetylenes is 1. The second kappa shape index (κ2) is 7.96. The van der Waals surface area contributed by atoms with Crippen molar-refractivity contribution in [2.75, 3.05) is 6.61 Å². The normalized spacial score (nSPS) is 32.1. The first-order chi connectivity index (χ1) is 14.7. The highest BCUT2D eigenvalue weighted by Crippen LogP contribution is 2.55. The topological polar surface area (TPSA) is 132 Å². The van der Waals surface area contributed by atoms with Crippen LogP contribution >= 0.6 is 20.0 Å². The molecule has 0 spiro atoms. The predicted octanol–water partition coefficient (Wildman–Crippen LogP) is 1.54. The van der Waals surface area contributed by atoms with Crippen molar-refractivity contribution >= 4 is 20.0 Å². The van der Waals surface area contributed by atoms with Gasteiger partial charge in [0.2, 0.25) is 0 Å². The van der Waals surface area contributed by atoms with Crippen LogP contribution in [0.15, 0.2) is 35.3 Å². The van der Waals surface area contributed by atoms with Gasteiger partial charge in [0, 0.05) is 11.8 Å². The third-order valence-electron chi connectivity index (χ3n) is 4.75. The number of rotatable bonds is 4. The number of halogens is 1. The monoisotopic (exact) mass is 470 g/mol. The Morgan fingerprint density at radius 1 is 1.45 bits per heavy atom. The molecular formula is C18H16FN2O8PS. The fraction of sp³-hybridized carbons (Fsp3) is 0.333. The summed E-state index contributed by atoms with van der Waals surface area (Å²) in [6.45, 7) is -1.19. The van der Waals surface area contributed by atoms with E-state index in [2.05, 4.69) is 10.9 Å². The molecule has 0 aliphatic carbocycles. The Morgan fingerprint density at radius 2 is 2.19 bits per heavy atom. The highest BCUT2D eigenvalue weighted by Gasteiger charge is 2.57. The minimum absolute atomic E-state index is 0.0944. The van der Waals surface area contributed by atoms with Gasteiger partial charge in [-0.2, -0.15) is 0 Å². The fourth-order valence-electron chi connectivity index (χ4n) is 3.11. The number of fused-ring (bicyclic) bond motifs is 1. The third-order valence-corrected chi connectivity index (χ3v) is 6.38. The van der Waals surface area contributed by atoms with Crippen molar-refractivity contribution in [1.82, 2.24) is 9.55 Å². The molecule has 164 valence electrons. The van der Waals surface area contributed by atoms with Crippen molar-refractivity contribution in [2.24, 2.45) is 0 Å². The van der Waals surface area contributed by atoms with E-state index < -0.39 is 44.3 Å². The number of aromatic nitrogens is 2. The van der Waals surface area contributed by atoms with Gasteiger partial charge >= 0.3 is 7.82 Å². The molecule has 0 bridgehead atoms. The largest absolute Gasteiger partial charge is 0.530 e. The van der Waals surface area contributed by atoms with Crippen LogP contribution in [-0.2, 0) is 25.0 Å². The molecule has 0 radical (unpaired) electrons. The number of aliphatic hydroxyl groups excluding tert-OH is 2. The molecule has 13 heteroatoms. The first-order valence-electron chi connectivity index (χ1n) is 8.87. The summed E-state index contributed by atoms with van der Waals surface area (Å²) in [5.74, 6) is -0.645. The zero-order valence-electron chi connectivity index (χ0n) is 15.6. The third kappa shape index (κ3) is 3.97. The number of para-hydroxylation sites is 1. The minimum atomic E-state index is -4.22. The average Bonchev–Trinajstić information content (AvgIpc) is 2.97. The number of hydrogen-bond acceptors (Lipinski definition) is 9. The van der Waals surface area contributed by atoms with Gasteiger partial charge in [-0.05, 0) is 18.3 Å². The van der Waals surface area contributed by atoms with Crippen LogP contribution in [0.25, 0.3) is 0 Å². The first kappa shape index (κ1) is 21.9. The van der Waals surface area contributed by atoms with Crippen molar-refractivity contribution in [1.29, 1.82) is 0 Å². The lowest BCUT2D eigenvalue weighted by Gasteiger charge is -2.28. The predicted molar refractivity (Wildman–Crippen MR) is 105 cm³/mol. The van der Waals surface area contributed by atoms with E-state index in [1.54, 1.807) is 24.3 Å². The van der Waals surface area contributed by atoms with E-state index in [9.17, 15) is 19.6 Å². The lowest BCUT2D eigenvalue weighted by Crippen LogP contribution is -2.43. The van der Waals surface area contributed by atoms with Crippen LogP contribution < -0.4 is 10.1 Å². The number of aromatic amines is 1.